The van der Waals surface area contributed by atoms with Gasteiger partial charge < -0.3 is 19.3 Å². The molecule has 2 N–H and O–H groups in total. The second-order valence-corrected chi connectivity index (χ2v) is 10.2. The van der Waals surface area contributed by atoms with Crippen LogP contribution in [0.2, 0.25) is 5.02 Å². The molecule has 0 bridgehead atoms. The third kappa shape index (κ3) is 8.71. The maximum absolute atomic E-state index is 13.0. The molecule has 0 aliphatic carbocycles. The highest BCUT2D eigenvalue weighted by Gasteiger charge is 2.33. The molecule has 3 aromatic rings. The summed E-state index contributed by atoms with van der Waals surface area (Å²) in [6.45, 7) is -0.371. The molecule has 0 radical (unpaired) electrons. The van der Waals surface area contributed by atoms with E-state index in [2.05, 4.69) is 9.71 Å². The number of methoxy groups -OCH3 is 1. The van der Waals surface area contributed by atoms with Gasteiger partial charge in [-0.3, -0.25) is 0 Å². The van der Waals surface area contributed by atoms with Crippen molar-refractivity contribution in [3.63, 3.8) is 0 Å². The van der Waals surface area contributed by atoms with Crippen molar-refractivity contribution in [2.45, 2.75) is 18.8 Å². The van der Waals surface area contributed by atoms with E-state index in [4.69, 9.17) is 25.8 Å². The Balaban J connectivity index is 1.86. The fourth-order valence-corrected chi connectivity index (χ4v) is 4.57. The number of ether oxygens (including phenoxy) is 3. The molecule has 0 aliphatic heterocycles. The molecule has 0 fully saturated rings. The van der Waals surface area contributed by atoms with Crippen LogP contribution in [-0.2, 0) is 27.7 Å². The molecule has 0 saturated carbocycles. The van der Waals surface area contributed by atoms with Gasteiger partial charge in [-0.15, -0.1) is 0 Å². The maximum Gasteiger partial charge on any atom is 0.422 e. The number of hydrogen-bond acceptors (Lipinski definition) is 7. The van der Waals surface area contributed by atoms with Crippen molar-refractivity contribution in [3.8, 4) is 11.6 Å². The van der Waals surface area contributed by atoms with Crippen LogP contribution in [0.15, 0.2) is 66.9 Å². The van der Waals surface area contributed by atoms with E-state index in [-0.39, 0.29) is 10.9 Å². The quantitative estimate of drug-likeness (QED) is 0.264. The van der Waals surface area contributed by atoms with Crippen molar-refractivity contribution in [2.75, 3.05) is 26.9 Å². The van der Waals surface area contributed by atoms with Gasteiger partial charge in [0.1, 0.15) is 23.5 Å². The third-order valence-electron chi connectivity index (χ3n) is 5.32. The average molecular weight is 604 g/mol. The number of carbonyl (C=O) groups is 1. The minimum atomic E-state index is -4.69. The topological polar surface area (TPSA) is 127 Å². The Labute approximate surface area is 233 Å². The number of halogens is 4. The largest absolute Gasteiger partial charge is 0.491 e. The molecule has 2 aromatic carbocycles. The Hall–Kier alpha value is -3.59. The third-order valence-corrected chi connectivity index (χ3v) is 6.99. The fraction of sp³-hybridized carbons (Fsp3) is 0.280. The van der Waals surface area contributed by atoms with Crippen molar-refractivity contribution in [3.05, 3.63) is 88.6 Å². The molecule has 1 atom stereocenters. The molecular formula is C25H25ClF3N3O7S. The van der Waals surface area contributed by atoms with Crippen LogP contribution in [0.1, 0.15) is 22.8 Å². The van der Waals surface area contributed by atoms with Crippen LogP contribution in [0.5, 0.6) is 11.6 Å². The molecule has 15 heteroatoms. The summed E-state index contributed by atoms with van der Waals surface area (Å²) >= 11 is 5.99. The summed E-state index contributed by atoms with van der Waals surface area (Å²) in [5, 5.41) is 9.11. The first-order chi connectivity index (χ1) is 18.9. The van der Waals surface area contributed by atoms with Gasteiger partial charge in [-0.05, 0) is 29.3 Å². The molecule has 1 aromatic heterocycles. The van der Waals surface area contributed by atoms with Crippen molar-refractivity contribution in [2.24, 2.45) is 0 Å². The van der Waals surface area contributed by atoms with E-state index in [1.165, 1.54) is 19.2 Å². The highest BCUT2D eigenvalue weighted by molar-refractivity contribution is 7.87. The summed E-state index contributed by atoms with van der Waals surface area (Å²) in [4.78, 5) is 15.4. The van der Waals surface area contributed by atoms with Crippen LogP contribution in [0.25, 0.3) is 0 Å². The van der Waals surface area contributed by atoms with Crippen LogP contribution in [-0.4, -0.2) is 55.8 Å². The maximum atomic E-state index is 13.0. The lowest BCUT2D eigenvalue weighted by atomic mass is 10.1. The van der Waals surface area contributed by atoms with E-state index < -0.39 is 58.1 Å². The Morgan fingerprint density at radius 1 is 1.12 bits per heavy atom. The number of amides is 1. The Morgan fingerprint density at radius 2 is 1.80 bits per heavy atom. The smallest absolute Gasteiger partial charge is 0.422 e. The number of carboxylic acid groups (broad SMARTS) is 1. The van der Waals surface area contributed by atoms with Gasteiger partial charge >= 0.3 is 22.5 Å². The summed E-state index contributed by atoms with van der Waals surface area (Å²) in [7, 11) is -3.10. The predicted molar refractivity (Wildman–Crippen MR) is 138 cm³/mol. The molecule has 0 saturated heterocycles. The van der Waals surface area contributed by atoms with E-state index in [9.17, 15) is 31.5 Å². The first-order valence-electron chi connectivity index (χ1n) is 11.6. The summed E-state index contributed by atoms with van der Waals surface area (Å²) in [5.74, 6) is 0.0735. The average Bonchev–Trinajstić information content (AvgIpc) is 2.91. The number of nitrogens with one attached hydrogen (secondary N) is 1. The highest BCUT2D eigenvalue weighted by Crippen LogP contribution is 2.34. The van der Waals surface area contributed by atoms with Crippen LogP contribution in [0.3, 0.4) is 0 Å². The second-order valence-electron chi connectivity index (χ2n) is 8.15. The monoisotopic (exact) mass is 603 g/mol. The normalized spacial score (nSPS) is 12.5. The van der Waals surface area contributed by atoms with E-state index >= 15 is 0 Å². The summed E-state index contributed by atoms with van der Waals surface area (Å²) in [6.07, 6.45) is -7.07. The van der Waals surface area contributed by atoms with Gasteiger partial charge in [0, 0.05) is 13.3 Å². The zero-order valence-corrected chi connectivity index (χ0v) is 22.5. The number of hydrogen-bond donors (Lipinski definition) is 2. The molecule has 1 amide bonds. The van der Waals surface area contributed by atoms with Gasteiger partial charge in [0.05, 0.1) is 25.3 Å². The van der Waals surface area contributed by atoms with Crippen LogP contribution in [0.4, 0.5) is 18.0 Å². The Bertz CT molecular complexity index is 1380. The number of pyridine rings is 1. The van der Waals surface area contributed by atoms with Crippen molar-refractivity contribution in [1.29, 1.82) is 0 Å². The standard InChI is InChI=1S/C25H25ClF3N3O7S/c1-37-11-12-38-20-9-7-18(8-10-20)22(39-23-21(26)13-19(14-30-23)25(27,28)29)15-31-40(35,36)32(24(33)34)16-17-5-3-2-4-6-17/h2-10,13-14,22,31H,11-12,15-16H2,1H3,(H,33,34). The molecule has 10 nitrogen and oxygen atoms in total. The minimum absolute atomic E-state index is 0.218. The van der Waals surface area contributed by atoms with Gasteiger partial charge in [0.25, 0.3) is 0 Å². The summed E-state index contributed by atoms with van der Waals surface area (Å²) < 4.78 is 83.6. The number of aromatic nitrogens is 1. The molecule has 3 rings (SSSR count). The van der Waals surface area contributed by atoms with E-state index in [1.807, 2.05) is 0 Å². The lowest BCUT2D eigenvalue weighted by Gasteiger charge is -2.24. The number of nitrogens with zero attached hydrogens (tertiary/aromatic N) is 2. The molecule has 216 valence electrons. The van der Waals surface area contributed by atoms with Crippen molar-refractivity contribution >= 4 is 27.9 Å². The van der Waals surface area contributed by atoms with E-state index in [0.29, 0.717) is 35.7 Å². The van der Waals surface area contributed by atoms with Crippen molar-refractivity contribution in [1.82, 2.24) is 14.0 Å². The minimum Gasteiger partial charge on any atom is -0.491 e. The van der Waals surface area contributed by atoms with Crippen molar-refractivity contribution < 1.29 is 45.7 Å². The number of benzene rings is 2. The van der Waals surface area contributed by atoms with E-state index in [1.54, 1.807) is 42.5 Å². The first kappa shape index (κ1) is 30.9. The lowest BCUT2D eigenvalue weighted by Crippen LogP contribution is -2.45. The van der Waals surface area contributed by atoms with Gasteiger partial charge in [-0.25, -0.2) is 9.78 Å². The van der Waals surface area contributed by atoms with Crippen LogP contribution in [0, 0.1) is 0 Å². The Morgan fingerprint density at radius 3 is 2.38 bits per heavy atom. The van der Waals surface area contributed by atoms with Gasteiger partial charge in [-0.2, -0.15) is 30.6 Å². The fourth-order valence-electron chi connectivity index (χ4n) is 3.31. The predicted octanol–water partition coefficient (Wildman–Crippen LogP) is 4.91. The molecule has 1 unspecified atom stereocenters. The molecule has 40 heavy (non-hydrogen) atoms. The second kappa shape index (κ2) is 13.7. The molecule has 0 aliphatic rings. The first-order valence-corrected chi connectivity index (χ1v) is 13.4. The number of rotatable bonds is 13. The Kier molecular flexibility index (Phi) is 10.6. The molecule has 1 heterocycles. The summed E-state index contributed by atoms with van der Waals surface area (Å²) in [6, 6.07) is 14.9. The number of alkyl halides is 3. The zero-order valence-electron chi connectivity index (χ0n) is 21.0. The summed E-state index contributed by atoms with van der Waals surface area (Å²) in [5.41, 5.74) is -0.310. The van der Waals surface area contributed by atoms with Crippen LogP contribution < -0.4 is 14.2 Å². The molecular weight excluding hydrogens is 579 g/mol. The van der Waals surface area contributed by atoms with Gasteiger partial charge in [0.2, 0.25) is 5.88 Å². The SMILES string of the molecule is COCCOc1ccc(C(CNS(=O)(=O)N(Cc2ccccc2)C(=O)O)Oc2ncc(C(F)(F)F)cc2Cl)cc1. The van der Waals surface area contributed by atoms with Gasteiger partial charge in [0.15, 0.2) is 0 Å². The lowest BCUT2D eigenvalue weighted by molar-refractivity contribution is -0.137. The van der Waals surface area contributed by atoms with Crippen LogP contribution >= 0.6 is 11.6 Å². The highest BCUT2D eigenvalue weighted by atomic mass is 35.5. The van der Waals surface area contributed by atoms with Gasteiger partial charge in [-0.1, -0.05) is 54.1 Å². The van der Waals surface area contributed by atoms with E-state index in [0.717, 1.165) is 0 Å². The zero-order chi connectivity index (χ0) is 29.3. The molecule has 0 spiro atoms.